The fraction of sp³-hybridized carbons (Fsp3) is 0. The number of benzene rings is 3. The summed E-state index contributed by atoms with van der Waals surface area (Å²) in [6, 6.07) is 13.1. The van der Waals surface area contributed by atoms with Crippen LogP contribution < -0.4 is 15.1 Å². The summed E-state index contributed by atoms with van der Waals surface area (Å²) in [4.78, 5) is 22.9. The van der Waals surface area contributed by atoms with Crippen LogP contribution in [0.25, 0.3) is 10.8 Å². The van der Waals surface area contributed by atoms with Crippen LogP contribution in [0.4, 0.5) is 11.4 Å². The number of carboxylic acid groups (broad SMARTS) is 1. The SMILES string of the molecule is O=C([O-])c1cccc(NS(=O)(=O)c2ccc3c4c(cccc24)C(=O)N3)c1. The molecule has 130 valence electrons. The molecule has 26 heavy (non-hydrogen) atoms. The van der Waals surface area contributed by atoms with Crippen LogP contribution in [-0.4, -0.2) is 20.3 Å². The lowest BCUT2D eigenvalue weighted by molar-refractivity contribution is -0.255. The van der Waals surface area contributed by atoms with Crippen molar-refractivity contribution in [3.05, 3.63) is 65.7 Å². The predicted octanol–water partition coefficient (Wildman–Crippen LogP) is 1.57. The number of amides is 1. The molecule has 2 N–H and O–H groups in total. The lowest BCUT2D eigenvalue weighted by Crippen LogP contribution is -2.22. The van der Waals surface area contributed by atoms with Crippen LogP contribution in [-0.2, 0) is 10.0 Å². The molecule has 0 bridgehead atoms. The summed E-state index contributed by atoms with van der Waals surface area (Å²) in [6.45, 7) is 0. The van der Waals surface area contributed by atoms with Crippen molar-refractivity contribution in [3.8, 4) is 0 Å². The zero-order valence-corrected chi connectivity index (χ0v) is 14.0. The molecule has 1 heterocycles. The summed E-state index contributed by atoms with van der Waals surface area (Å²) in [5.41, 5.74) is 0.927. The van der Waals surface area contributed by atoms with E-state index in [1.54, 1.807) is 18.2 Å². The van der Waals surface area contributed by atoms with Gasteiger partial charge in [0.25, 0.3) is 15.9 Å². The monoisotopic (exact) mass is 367 g/mol. The van der Waals surface area contributed by atoms with Gasteiger partial charge in [-0.25, -0.2) is 8.42 Å². The number of nitrogens with one attached hydrogen (secondary N) is 2. The first-order valence-corrected chi connectivity index (χ1v) is 9.06. The fourth-order valence-corrected chi connectivity index (χ4v) is 4.27. The van der Waals surface area contributed by atoms with Crippen LogP contribution in [0.15, 0.2) is 59.5 Å². The third-order valence-corrected chi connectivity index (χ3v) is 5.57. The second-order valence-corrected chi connectivity index (χ2v) is 7.42. The molecule has 4 rings (SSSR count). The first kappa shape index (κ1) is 16.1. The minimum absolute atomic E-state index is 0.00606. The van der Waals surface area contributed by atoms with Crippen molar-refractivity contribution in [3.63, 3.8) is 0 Å². The zero-order valence-electron chi connectivity index (χ0n) is 13.1. The van der Waals surface area contributed by atoms with E-state index in [4.69, 9.17) is 0 Å². The van der Waals surface area contributed by atoms with E-state index in [0.717, 1.165) is 0 Å². The van der Waals surface area contributed by atoms with Crippen LogP contribution >= 0.6 is 0 Å². The molecule has 1 aliphatic rings. The molecular formula is C18H11N2O5S-. The van der Waals surface area contributed by atoms with Crippen molar-refractivity contribution in [2.45, 2.75) is 4.90 Å². The predicted molar refractivity (Wildman–Crippen MR) is 93.5 cm³/mol. The fourth-order valence-electron chi connectivity index (χ4n) is 3.02. The lowest BCUT2D eigenvalue weighted by Gasteiger charge is -2.12. The molecule has 1 aliphatic heterocycles. The minimum atomic E-state index is -4.01. The van der Waals surface area contributed by atoms with E-state index in [0.29, 0.717) is 22.0 Å². The van der Waals surface area contributed by atoms with Crippen LogP contribution in [0.1, 0.15) is 20.7 Å². The van der Waals surface area contributed by atoms with Crippen LogP contribution in [0.3, 0.4) is 0 Å². The molecule has 8 heteroatoms. The number of carbonyl (C=O) groups excluding carboxylic acids is 2. The minimum Gasteiger partial charge on any atom is -0.545 e. The van der Waals surface area contributed by atoms with E-state index in [1.165, 1.54) is 36.4 Å². The van der Waals surface area contributed by atoms with Crippen molar-refractivity contribution in [2.75, 3.05) is 10.0 Å². The summed E-state index contributed by atoms with van der Waals surface area (Å²) in [5, 5.41) is 14.6. The van der Waals surface area contributed by atoms with Gasteiger partial charge >= 0.3 is 0 Å². The van der Waals surface area contributed by atoms with Crippen molar-refractivity contribution < 1.29 is 23.1 Å². The van der Waals surface area contributed by atoms with E-state index >= 15 is 0 Å². The number of rotatable bonds is 4. The third-order valence-electron chi connectivity index (χ3n) is 4.13. The molecule has 3 aromatic carbocycles. The average Bonchev–Trinajstić information content (AvgIpc) is 2.93. The first-order chi connectivity index (χ1) is 12.4. The van der Waals surface area contributed by atoms with Gasteiger partial charge in [0.2, 0.25) is 0 Å². The molecule has 1 amide bonds. The largest absolute Gasteiger partial charge is 0.545 e. The average molecular weight is 367 g/mol. The first-order valence-electron chi connectivity index (χ1n) is 7.58. The van der Waals surface area contributed by atoms with Crippen LogP contribution in [0.2, 0.25) is 0 Å². The molecule has 0 fully saturated rings. The maximum Gasteiger partial charge on any atom is 0.262 e. The molecule has 7 nitrogen and oxygen atoms in total. The highest BCUT2D eigenvalue weighted by Gasteiger charge is 2.26. The van der Waals surface area contributed by atoms with Crippen molar-refractivity contribution in [2.24, 2.45) is 0 Å². The van der Waals surface area contributed by atoms with Gasteiger partial charge in [0, 0.05) is 27.7 Å². The molecule has 0 spiro atoms. The summed E-state index contributed by atoms with van der Waals surface area (Å²) >= 11 is 0. The van der Waals surface area contributed by atoms with Crippen molar-refractivity contribution in [1.29, 1.82) is 0 Å². The van der Waals surface area contributed by atoms with Gasteiger partial charge in [-0.15, -0.1) is 0 Å². The smallest absolute Gasteiger partial charge is 0.262 e. The molecule has 0 radical (unpaired) electrons. The zero-order chi connectivity index (χ0) is 18.5. The van der Waals surface area contributed by atoms with E-state index in [1.807, 2.05) is 0 Å². The highest BCUT2D eigenvalue weighted by Crippen LogP contribution is 2.36. The number of aromatic carboxylic acids is 1. The number of sulfonamides is 1. The molecule has 0 unspecified atom stereocenters. The van der Waals surface area contributed by atoms with Crippen LogP contribution in [0.5, 0.6) is 0 Å². The Morgan fingerprint density at radius 1 is 1.04 bits per heavy atom. The molecule has 0 aliphatic carbocycles. The highest BCUT2D eigenvalue weighted by molar-refractivity contribution is 7.93. The number of hydrogen-bond acceptors (Lipinski definition) is 5. The summed E-state index contributed by atoms with van der Waals surface area (Å²) in [6.07, 6.45) is 0. The van der Waals surface area contributed by atoms with Crippen LogP contribution in [0, 0.1) is 0 Å². The van der Waals surface area contributed by atoms with Gasteiger partial charge in [0.1, 0.15) is 0 Å². The Hall–Kier alpha value is -3.39. The summed E-state index contributed by atoms with van der Waals surface area (Å²) in [7, 11) is -4.01. The summed E-state index contributed by atoms with van der Waals surface area (Å²) < 4.78 is 28.1. The van der Waals surface area contributed by atoms with E-state index in [-0.39, 0.29) is 22.1 Å². The maximum absolute atomic E-state index is 12.8. The van der Waals surface area contributed by atoms with E-state index < -0.39 is 16.0 Å². The van der Waals surface area contributed by atoms with Gasteiger partial charge in [-0.05, 0) is 35.9 Å². The Kier molecular flexibility index (Phi) is 3.45. The maximum atomic E-state index is 12.8. The number of carboxylic acids is 1. The van der Waals surface area contributed by atoms with Gasteiger partial charge in [-0.3, -0.25) is 9.52 Å². The quantitative estimate of drug-likeness (QED) is 0.726. The Morgan fingerprint density at radius 3 is 2.58 bits per heavy atom. The number of carbonyl (C=O) groups is 2. The Balaban J connectivity index is 1.83. The Morgan fingerprint density at radius 2 is 1.81 bits per heavy atom. The summed E-state index contributed by atoms with van der Waals surface area (Å²) in [5.74, 6) is -1.68. The lowest BCUT2D eigenvalue weighted by atomic mass is 10.1. The molecular weight excluding hydrogens is 356 g/mol. The highest BCUT2D eigenvalue weighted by atomic mass is 32.2. The van der Waals surface area contributed by atoms with Gasteiger partial charge < -0.3 is 15.2 Å². The van der Waals surface area contributed by atoms with E-state index in [2.05, 4.69) is 10.0 Å². The second kappa shape index (κ2) is 5.57. The molecule has 0 saturated heterocycles. The second-order valence-electron chi connectivity index (χ2n) is 5.77. The third kappa shape index (κ3) is 2.47. The molecule has 0 aromatic heterocycles. The standard InChI is InChI=1S/C18H12N2O5S/c21-17-13-6-2-5-12-15(8-7-14(19-17)16(12)13)26(24,25)20-11-4-1-3-10(9-11)18(22)23/h1-9,20H,(H,19,21)(H,22,23)/p-1. The number of anilines is 2. The van der Waals surface area contributed by atoms with Gasteiger partial charge in [0.15, 0.2) is 0 Å². The van der Waals surface area contributed by atoms with E-state index in [9.17, 15) is 23.1 Å². The van der Waals surface area contributed by atoms with Gasteiger partial charge in [-0.1, -0.05) is 24.3 Å². The molecule has 0 saturated carbocycles. The van der Waals surface area contributed by atoms with Gasteiger partial charge in [-0.2, -0.15) is 0 Å². The molecule has 3 aromatic rings. The van der Waals surface area contributed by atoms with Crippen molar-refractivity contribution >= 4 is 44.0 Å². The van der Waals surface area contributed by atoms with Gasteiger partial charge in [0.05, 0.1) is 10.9 Å². The Bertz CT molecular complexity index is 1200. The molecule has 0 atom stereocenters. The Labute approximate surface area is 148 Å². The topological polar surface area (TPSA) is 115 Å². The number of hydrogen-bond donors (Lipinski definition) is 2. The van der Waals surface area contributed by atoms with Crippen molar-refractivity contribution in [1.82, 2.24) is 0 Å². The normalized spacial score (nSPS) is 12.8.